The number of aliphatic carboxylic acids is 1. The minimum atomic E-state index is -1.15. The zero-order valence-electron chi connectivity index (χ0n) is 12.0. The van der Waals surface area contributed by atoms with Crippen LogP contribution in [0.2, 0.25) is 5.02 Å². The van der Waals surface area contributed by atoms with Crippen LogP contribution in [0.15, 0.2) is 24.3 Å². The Labute approximate surface area is 129 Å². The Morgan fingerprint density at radius 2 is 1.76 bits per heavy atom. The molecule has 0 aromatic heterocycles. The molecule has 0 amide bonds. The van der Waals surface area contributed by atoms with E-state index < -0.39 is 12.0 Å². The molecular formula is C15H20ClN2O3+. The Bertz CT molecular complexity index is 510. The Balaban J connectivity index is 2.04. The number of carboxylic acid groups (broad SMARTS) is 1. The lowest BCUT2D eigenvalue weighted by molar-refractivity contribution is -1.01. The van der Waals surface area contributed by atoms with Gasteiger partial charge in [-0.25, -0.2) is 0 Å². The van der Waals surface area contributed by atoms with Crippen molar-refractivity contribution in [2.45, 2.75) is 12.5 Å². The highest BCUT2D eigenvalue weighted by atomic mass is 35.5. The Morgan fingerprint density at radius 3 is 2.29 bits per heavy atom. The van der Waals surface area contributed by atoms with E-state index >= 15 is 0 Å². The van der Waals surface area contributed by atoms with E-state index in [1.165, 1.54) is 4.90 Å². The molecule has 1 aromatic rings. The first-order chi connectivity index (χ1) is 9.97. The number of ketones is 1. The second kappa shape index (κ2) is 7.02. The fourth-order valence-corrected chi connectivity index (χ4v) is 2.81. The average Bonchev–Trinajstić information content (AvgIpc) is 2.46. The van der Waals surface area contributed by atoms with Crippen LogP contribution in [0.1, 0.15) is 16.8 Å². The maximum atomic E-state index is 12.2. The Morgan fingerprint density at radius 1 is 1.19 bits per heavy atom. The molecule has 2 rings (SSSR count). The number of carbonyl (C=O) groups excluding carboxylic acids is 2. The summed E-state index contributed by atoms with van der Waals surface area (Å²) >= 11 is 5.79. The number of likely N-dealkylation sites (N-methyl/N-ethyl adjacent to an activating group) is 1. The zero-order chi connectivity index (χ0) is 15.4. The molecule has 1 aliphatic rings. The molecule has 5 nitrogen and oxygen atoms in total. The van der Waals surface area contributed by atoms with Crippen LogP contribution in [0.3, 0.4) is 0 Å². The SMILES string of the molecule is C[NH+]1CC[NH+]([C@@H](CC(=O)c2ccc(Cl)cc2)C(=O)[O-])CC1. The lowest BCUT2D eigenvalue weighted by Gasteiger charge is -2.33. The van der Waals surface area contributed by atoms with Crippen LogP contribution in [-0.4, -0.2) is 51.0 Å². The number of carbonyl (C=O) groups is 2. The van der Waals surface area contributed by atoms with Crippen molar-refractivity contribution in [3.8, 4) is 0 Å². The van der Waals surface area contributed by atoms with Crippen LogP contribution in [0, 0.1) is 0 Å². The number of benzene rings is 1. The molecule has 2 N–H and O–H groups in total. The van der Waals surface area contributed by atoms with E-state index in [2.05, 4.69) is 7.05 Å². The molecule has 0 radical (unpaired) electrons. The first kappa shape index (κ1) is 15.9. The lowest BCUT2D eigenvalue weighted by atomic mass is 10.0. The number of nitrogens with one attached hydrogen (secondary N) is 2. The summed E-state index contributed by atoms with van der Waals surface area (Å²) in [6.07, 6.45) is -0.0294. The topological polar surface area (TPSA) is 66.1 Å². The Kier molecular flexibility index (Phi) is 5.33. The fourth-order valence-electron chi connectivity index (χ4n) is 2.68. The van der Waals surface area contributed by atoms with Crippen LogP contribution in [0.5, 0.6) is 0 Å². The largest absolute Gasteiger partial charge is 0.544 e. The van der Waals surface area contributed by atoms with Gasteiger partial charge in [0.05, 0.1) is 19.4 Å². The van der Waals surface area contributed by atoms with Gasteiger partial charge in [0.1, 0.15) is 32.2 Å². The van der Waals surface area contributed by atoms with E-state index in [0.717, 1.165) is 31.1 Å². The van der Waals surface area contributed by atoms with Crippen LogP contribution >= 0.6 is 11.6 Å². The monoisotopic (exact) mass is 311 g/mol. The second-order valence-corrected chi connectivity index (χ2v) is 6.06. The van der Waals surface area contributed by atoms with Gasteiger partial charge >= 0.3 is 0 Å². The predicted octanol–water partition coefficient (Wildman–Crippen LogP) is -2.56. The molecule has 0 aliphatic carbocycles. The molecule has 0 saturated carbocycles. The average molecular weight is 312 g/mol. The van der Waals surface area contributed by atoms with Crippen molar-refractivity contribution in [3.63, 3.8) is 0 Å². The summed E-state index contributed by atoms with van der Waals surface area (Å²) in [6.45, 7) is 3.32. The summed E-state index contributed by atoms with van der Waals surface area (Å²) in [5.41, 5.74) is 0.491. The van der Waals surface area contributed by atoms with Gasteiger partial charge in [0, 0.05) is 10.6 Å². The van der Waals surface area contributed by atoms with Gasteiger partial charge in [0.25, 0.3) is 0 Å². The molecule has 0 spiro atoms. The number of piperazine rings is 1. The zero-order valence-corrected chi connectivity index (χ0v) is 12.8. The molecule has 1 aliphatic heterocycles. The number of Topliss-reactive ketones (excluding diaryl/α,β-unsaturated/α-hetero) is 1. The minimum Gasteiger partial charge on any atom is -0.544 e. The highest BCUT2D eigenvalue weighted by Crippen LogP contribution is 2.11. The third-order valence-corrected chi connectivity index (χ3v) is 4.33. The standard InChI is InChI=1S/C15H19ClN2O3/c1-17-6-8-18(9-7-17)13(15(20)21)10-14(19)11-2-4-12(16)5-3-11/h2-5,13H,6-10H2,1H3,(H,20,21)/p+1/t13-/m0/s1. The van der Waals surface area contributed by atoms with Crippen molar-refractivity contribution in [2.24, 2.45) is 0 Å². The van der Waals surface area contributed by atoms with E-state index in [4.69, 9.17) is 11.6 Å². The highest BCUT2D eigenvalue weighted by molar-refractivity contribution is 6.30. The highest BCUT2D eigenvalue weighted by Gasteiger charge is 2.30. The van der Waals surface area contributed by atoms with Crippen molar-refractivity contribution >= 4 is 23.4 Å². The maximum Gasteiger partial charge on any atom is 0.169 e. The van der Waals surface area contributed by atoms with Gasteiger partial charge in [0.2, 0.25) is 0 Å². The van der Waals surface area contributed by atoms with Crippen LogP contribution in [0.4, 0.5) is 0 Å². The quantitative estimate of drug-likeness (QED) is 0.588. The van der Waals surface area contributed by atoms with Crippen LogP contribution in [-0.2, 0) is 4.79 Å². The number of hydrogen-bond donors (Lipinski definition) is 2. The molecule has 1 atom stereocenters. The number of rotatable bonds is 5. The molecule has 21 heavy (non-hydrogen) atoms. The summed E-state index contributed by atoms with van der Waals surface area (Å²) in [5.74, 6) is -1.33. The Hall–Kier alpha value is -1.43. The molecule has 6 heteroatoms. The molecule has 1 heterocycles. The maximum absolute atomic E-state index is 12.2. The van der Waals surface area contributed by atoms with Gasteiger partial charge in [-0.15, -0.1) is 0 Å². The van der Waals surface area contributed by atoms with E-state index in [9.17, 15) is 14.7 Å². The molecular weight excluding hydrogens is 292 g/mol. The van der Waals surface area contributed by atoms with Crippen molar-refractivity contribution in [2.75, 3.05) is 33.2 Å². The molecule has 114 valence electrons. The van der Waals surface area contributed by atoms with Gasteiger partial charge in [-0.2, -0.15) is 0 Å². The van der Waals surface area contributed by atoms with Crippen LogP contribution < -0.4 is 14.9 Å². The summed E-state index contributed by atoms with van der Waals surface area (Å²) in [5, 5.41) is 11.9. The molecule has 1 fully saturated rings. The third-order valence-electron chi connectivity index (χ3n) is 4.08. The van der Waals surface area contributed by atoms with E-state index in [0.29, 0.717) is 10.6 Å². The number of carboxylic acids is 1. The van der Waals surface area contributed by atoms with E-state index in [1.54, 1.807) is 24.3 Å². The van der Waals surface area contributed by atoms with Gasteiger partial charge in [-0.3, -0.25) is 4.79 Å². The van der Waals surface area contributed by atoms with E-state index in [1.807, 2.05) is 0 Å². The minimum absolute atomic E-state index is 0.0294. The van der Waals surface area contributed by atoms with Gasteiger partial charge in [-0.05, 0) is 24.3 Å². The van der Waals surface area contributed by atoms with Crippen molar-refractivity contribution in [1.82, 2.24) is 0 Å². The number of hydrogen-bond acceptors (Lipinski definition) is 3. The summed E-state index contributed by atoms with van der Waals surface area (Å²) < 4.78 is 0. The molecule has 1 aromatic carbocycles. The van der Waals surface area contributed by atoms with E-state index in [-0.39, 0.29) is 12.2 Å². The first-order valence-electron chi connectivity index (χ1n) is 7.13. The van der Waals surface area contributed by atoms with Crippen molar-refractivity contribution < 1.29 is 24.5 Å². The number of quaternary nitrogens is 2. The fraction of sp³-hybridized carbons (Fsp3) is 0.467. The summed E-state index contributed by atoms with van der Waals surface area (Å²) in [6, 6.07) is 5.74. The van der Waals surface area contributed by atoms with Crippen molar-refractivity contribution in [3.05, 3.63) is 34.9 Å². The molecule has 0 unspecified atom stereocenters. The predicted molar refractivity (Wildman–Crippen MR) is 76.5 cm³/mol. The van der Waals surface area contributed by atoms with Gasteiger partial charge in [-0.1, -0.05) is 11.6 Å². The third kappa shape index (κ3) is 4.27. The van der Waals surface area contributed by atoms with Crippen LogP contribution in [0.25, 0.3) is 0 Å². The molecule has 0 bridgehead atoms. The van der Waals surface area contributed by atoms with Gasteiger partial charge in [0.15, 0.2) is 5.78 Å². The molecule has 1 saturated heterocycles. The summed E-state index contributed by atoms with van der Waals surface area (Å²) in [4.78, 5) is 25.9. The smallest absolute Gasteiger partial charge is 0.169 e. The second-order valence-electron chi connectivity index (χ2n) is 5.62. The lowest BCUT2D eigenvalue weighted by Crippen LogP contribution is -3.29. The first-order valence-corrected chi connectivity index (χ1v) is 7.50. The van der Waals surface area contributed by atoms with Gasteiger partial charge < -0.3 is 19.7 Å². The summed E-state index contributed by atoms with van der Waals surface area (Å²) in [7, 11) is 2.09. The van der Waals surface area contributed by atoms with Crippen molar-refractivity contribution in [1.29, 1.82) is 0 Å². The normalized spacial score (nSPS) is 23.5. The number of halogens is 1.